The van der Waals surface area contributed by atoms with Gasteiger partial charge in [0, 0.05) is 55.4 Å². The number of carbonyl (C=O) groups excluding carboxylic acids is 8. The van der Waals surface area contributed by atoms with Crippen molar-refractivity contribution >= 4 is 58.0 Å². The van der Waals surface area contributed by atoms with Gasteiger partial charge in [-0.05, 0) is 122 Å². The molecule has 0 aliphatic carbocycles. The fourth-order valence-corrected chi connectivity index (χ4v) is 9.53. The number of primary amides is 1. The number of nitrogens with zero attached hydrogens (tertiary/aromatic N) is 2. The standard InChI is InChI=1S/C51H74N10O11/c1-29-12-11-13-36-34(27-54-45(29)36)25-41-49(69)58-38(14-7-9-21-53-32(4)64)48(68)55-28-44(66)57-40(47(52)67)24-33-16-18-35(19-17-33)72-23-20-42-37(30(2)62)26-43(65)56-39(15-8-10-22-60(42)5)51(71)61(6)46(31(3)63)50(70)59-41/h11-13,16-19,27,31-32,37-42,46,53-54,63-64H,7-10,14-15,20-26,28H2,1-6H3,(H2,52,67)(H,55,68)(H,56,65)(H,57,66)(H,58,69)(H,59,70)/t31-,32?,37?,38+,39+,40+,41+,42+,46?/m1/s1. The molecule has 0 spiro atoms. The van der Waals surface area contributed by atoms with Gasteiger partial charge in [0.25, 0.3) is 0 Å². The van der Waals surface area contributed by atoms with Crippen LogP contribution in [0.2, 0.25) is 0 Å². The van der Waals surface area contributed by atoms with Crippen LogP contribution in [0.25, 0.3) is 10.9 Å². The van der Waals surface area contributed by atoms with Crippen molar-refractivity contribution in [1.29, 1.82) is 0 Å². The zero-order chi connectivity index (χ0) is 52.6. The van der Waals surface area contributed by atoms with Crippen LogP contribution in [0.1, 0.15) is 88.8 Å². The summed E-state index contributed by atoms with van der Waals surface area (Å²) in [5, 5.41) is 38.0. The van der Waals surface area contributed by atoms with Crippen molar-refractivity contribution in [3.8, 4) is 5.75 Å². The first-order chi connectivity index (χ1) is 34.2. The molecule has 7 amide bonds. The highest BCUT2D eigenvalue weighted by molar-refractivity contribution is 5.97. The van der Waals surface area contributed by atoms with Gasteiger partial charge in [-0.3, -0.25) is 43.7 Å². The lowest BCUT2D eigenvalue weighted by Gasteiger charge is -2.34. The normalized spacial score (nSPS) is 25.2. The maximum Gasteiger partial charge on any atom is 0.246 e. The molecule has 3 aliphatic heterocycles. The lowest BCUT2D eigenvalue weighted by atomic mass is 9.88. The molecule has 3 aliphatic rings. The molecule has 0 saturated carbocycles. The average Bonchev–Trinajstić information content (AvgIpc) is 3.73. The summed E-state index contributed by atoms with van der Waals surface area (Å²) in [5.41, 5.74) is 8.73. The summed E-state index contributed by atoms with van der Waals surface area (Å²) in [4.78, 5) is 117. The number of aliphatic hydroxyl groups excluding tert-OH is 2. The number of para-hydroxylation sites is 1. The highest BCUT2D eigenvalue weighted by Gasteiger charge is 2.39. The molecule has 4 heterocycles. The van der Waals surface area contributed by atoms with E-state index in [4.69, 9.17) is 10.5 Å². The topological polar surface area (TPSA) is 307 Å². The molecule has 2 aromatic carbocycles. The second kappa shape index (κ2) is 26.9. The Labute approximate surface area is 420 Å². The number of nitrogens with two attached hydrogens (primary N) is 1. The van der Waals surface area contributed by atoms with Gasteiger partial charge >= 0.3 is 0 Å². The van der Waals surface area contributed by atoms with Gasteiger partial charge in [-0.15, -0.1) is 0 Å². The van der Waals surface area contributed by atoms with Gasteiger partial charge in [-0.2, -0.15) is 0 Å². The van der Waals surface area contributed by atoms with E-state index < -0.39 is 102 Å². The fourth-order valence-electron chi connectivity index (χ4n) is 9.53. The predicted octanol–water partition coefficient (Wildman–Crippen LogP) is -0.0297. The molecule has 4 bridgehead atoms. The van der Waals surface area contributed by atoms with Crippen molar-refractivity contribution < 1.29 is 53.3 Å². The van der Waals surface area contributed by atoms with Crippen LogP contribution in [-0.2, 0) is 51.2 Å². The second-order valence-corrected chi connectivity index (χ2v) is 19.2. The number of benzene rings is 2. The number of aryl methyl sites for hydroxylation is 1. The van der Waals surface area contributed by atoms with Crippen molar-refractivity contribution in [2.24, 2.45) is 11.7 Å². The summed E-state index contributed by atoms with van der Waals surface area (Å²) in [6, 6.07) is 5.55. The first-order valence-electron chi connectivity index (χ1n) is 24.8. The van der Waals surface area contributed by atoms with Gasteiger partial charge < -0.3 is 62.1 Å². The zero-order valence-corrected chi connectivity index (χ0v) is 42.3. The third-order valence-corrected chi connectivity index (χ3v) is 13.5. The molecule has 1 aromatic heterocycles. The Morgan fingerprint density at radius 1 is 0.861 bits per heavy atom. The summed E-state index contributed by atoms with van der Waals surface area (Å²) < 4.78 is 6.09. The van der Waals surface area contributed by atoms with Gasteiger partial charge in [0.15, 0.2) is 0 Å². The van der Waals surface area contributed by atoms with Crippen LogP contribution in [0.5, 0.6) is 5.75 Å². The molecule has 21 heteroatoms. The van der Waals surface area contributed by atoms with Gasteiger partial charge in [0.1, 0.15) is 48.0 Å². The van der Waals surface area contributed by atoms with Crippen LogP contribution in [0.3, 0.4) is 0 Å². The van der Waals surface area contributed by atoms with Crippen molar-refractivity contribution in [3.63, 3.8) is 0 Å². The van der Waals surface area contributed by atoms with Gasteiger partial charge in [0.2, 0.25) is 41.4 Å². The quantitative estimate of drug-likeness (QED) is 0.0687. The number of rotatable bonds is 11. The molecular weight excluding hydrogens is 929 g/mol. The van der Waals surface area contributed by atoms with E-state index in [0.29, 0.717) is 62.1 Å². The molecule has 3 unspecified atom stereocenters. The van der Waals surface area contributed by atoms with E-state index in [0.717, 1.165) is 21.4 Å². The molecule has 1 fully saturated rings. The number of ether oxygens (including phenoxy) is 1. The number of ketones is 1. The first kappa shape index (κ1) is 56.5. The summed E-state index contributed by atoms with van der Waals surface area (Å²) in [6.45, 7) is 6.75. The predicted molar refractivity (Wildman–Crippen MR) is 268 cm³/mol. The number of likely N-dealkylation sites (N-methyl/N-ethyl adjacent to an activating group) is 1. The molecule has 6 rings (SSSR count). The van der Waals surface area contributed by atoms with Gasteiger partial charge in [0.05, 0.1) is 19.3 Å². The Bertz CT molecular complexity index is 2370. The number of unbranched alkanes of at least 4 members (excludes halogenated alkanes) is 1. The molecular formula is C51H74N10O11. The van der Waals surface area contributed by atoms with E-state index in [-0.39, 0.29) is 44.5 Å². The van der Waals surface area contributed by atoms with E-state index in [1.807, 2.05) is 37.1 Å². The maximum atomic E-state index is 14.6. The minimum atomic E-state index is -1.57. The molecule has 21 nitrogen and oxygen atoms in total. The number of hydrogen-bond acceptors (Lipinski definition) is 13. The Balaban J connectivity index is 1.52. The molecule has 9 atom stereocenters. The summed E-state index contributed by atoms with van der Waals surface area (Å²) in [5.74, 6) is -5.67. The van der Waals surface area contributed by atoms with Gasteiger partial charge in [-0.25, -0.2) is 0 Å². The smallest absolute Gasteiger partial charge is 0.246 e. The Morgan fingerprint density at radius 2 is 1.58 bits per heavy atom. The molecule has 72 heavy (non-hydrogen) atoms. The number of aliphatic hydroxyl groups is 2. The van der Waals surface area contributed by atoms with E-state index >= 15 is 0 Å². The molecule has 0 radical (unpaired) electrons. The van der Waals surface area contributed by atoms with Crippen LogP contribution >= 0.6 is 0 Å². The monoisotopic (exact) mass is 1000 g/mol. The van der Waals surface area contributed by atoms with E-state index in [1.54, 1.807) is 37.4 Å². The minimum Gasteiger partial charge on any atom is -0.494 e. The summed E-state index contributed by atoms with van der Waals surface area (Å²) in [6.07, 6.45) is 1.71. The Kier molecular flexibility index (Phi) is 21.1. The van der Waals surface area contributed by atoms with Gasteiger partial charge in [-0.1, -0.05) is 30.3 Å². The lowest BCUT2D eigenvalue weighted by Crippen LogP contribution is -2.61. The molecule has 1 saturated heterocycles. The first-order valence-corrected chi connectivity index (χ1v) is 24.8. The number of Topliss-reactive ketones (excluding diaryl/α,β-unsaturated/α-hetero) is 1. The average molecular weight is 1000 g/mol. The van der Waals surface area contributed by atoms with Crippen molar-refractivity contribution in [2.45, 2.75) is 140 Å². The summed E-state index contributed by atoms with van der Waals surface area (Å²) >= 11 is 0. The second-order valence-electron chi connectivity index (χ2n) is 19.2. The lowest BCUT2D eigenvalue weighted by molar-refractivity contribution is -0.146. The largest absolute Gasteiger partial charge is 0.494 e. The van der Waals surface area contributed by atoms with E-state index in [1.165, 1.54) is 20.9 Å². The number of hydrogen-bond donors (Lipinski definition) is 10. The Morgan fingerprint density at radius 3 is 2.26 bits per heavy atom. The maximum absolute atomic E-state index is 14.6. The van der Waals surface area contributed by atoms with Crippen LogP contribution in [0, 0.1) is 12.8 Å². The van der Waals surface area contributed by atoms with Crippen molar-refractivity contribution in [2.75, 3.05) is 40.3 Å². The number of H-pyrrole nitrogens is 1. The third-order valence-electron chi connectivity index (χ3n) is 13.5. The van der Waals surface area contributed by atoms with Crippen LogP contribution in [0.4, 0.5) is 0 Å². The number of carbonyl (C=O) groups is 8. The van der Waals surface area contributed by atoms with Crippen LogP contribution < -0.4 is 42.4 Å². The van der Waals surface area contributed by atoms with Crippen LogP contribution in [-0.4, -0.2) is 161 Å². The third kappa shape index (κ3) is 16.0. The number of nitrogens with one attached hydrogen (secondary N) is 7. The fraction of sp³-hybridized carbons (Fsp3) is 0.569. The number of amides is 7. The minimum absolute atomic E-state index is 0.0188. The number of fused-ring (bicyclic) bond motifs is 20. The summed E-state index contributed by atoms with van der Waals surface area (Å²) in [7, 11) is 3.21. The molecule has 394 valence electrons. The molecule has 3 aromatic rings. The number of aromatic amines is 1. The molecule has 11 N–H and O–H groups in total. The SMILES string of the molecule is CC(=O)C1CC(=O)N[C@H]2CCCCN(C)[C@H]1CCOc1ccc(cc1)C[C@@H](C(N)=O)NC(=O)CNC(=O)[C@H](CCCCNC(C)O)NC(=O)[C@H](Cc1c[nH]c3c(C)cccc13)NC(=O)C([C@@H](C)O)N(C)C2=O. The van der Waals surface area contributed by atoms with Crippen LogP contribution in [0.15, 0.2) is 48.7 Å². The zero-order valence-electron chi connectivity index (χ0n) is 42.3. The Hall–Kier alpha value is -6.42. The van der Waals surface area contributed by atoms with E-state index in [2.05, 4.69) is 36.9 Å². The van der Waals surface area contributed by atoms with E-state index in [9.17, 15) is 48.6 Å². The van der Waals surface area contributed by atoms with Crippen molar-refractivity contribution in [3.05, 3.63) is 65.4 Å². The highest BCUT2D eigenvalue weighted by atomic mass is 16.5. The highest BCUT2D eigenvalue weighted by Crippen LogP contribution is 2.25. The van der Waals surface area contributed by atoms with Crippen molar-refractivity contribution in [1.82, 2.24) is 46.7 Å². The number of aromatic nitrogens is 1.